The van der Waals surface area contributed by atoms with Crippen LogP contribution < -0.4 is 27.4 Å². The summed E-state index contributed by atoms with van der Waals surface area (Å²) in [6.45, 7) is 6.90. The van der Waals surface area contributed by atoms with Gasteiger partial charge in [-0.15, -0.1) is 0 Å². The van der Waals surface area contributed by atoms with Crippen molar-refractivity contribution in [2.75, 3.05) is 0 Å². The van der Waals surface area contributed by atoms with Crippen molar-refractivity contribution >= 4 is 29.6 Å². The maximum Gasteiger partial charge on any atom is 0.326 e. The van der Waals surface area contributed by atoms with Gasteiger partial charge in [0, 0.05) is 6.42 Å². The van der Waals surface area contributed by atoms with Crippen LogP contribution in [0.25, 0.3) is 0 Å². The van der Waals surface area contributed by atoms with E-state index >= 15 is 0 Å². The minimum Gasteiger partial charge on any atom is -0.508 e. The number of primary amides is 1. The number of amides is 4. The van der Waals surface area contributed by atoms with Crippen molar-refractivity contribution in [3.8, 4) is 5.75 Å². The molecule has 0 aliphatic carbocycles. The molecule has 12 nitrogen and oxygen atoms in total. The average molecular weight is 508 g/mol. The summed E-state index contributed by atoms with van der Waals surface area (Å²) in [6.07, 6.45) is 0.0778. The van der Waals surface area contributed by atoms with Crippen LogP contribution in [0.5, 0.6) is 5.75 Å². The predicted molar refractivity (Wildman–Crippen MR) is 131 cm³/mol. The summed E-state index contributed by atoms with van der Waals surface area (Å²) in [4.78, 5) is 61.4. The predicted octanol–water partition coefficient (Wildman–Crippen LogP) is -0.621. The minimum absolute atomic E-state index is 0.0239. The number of phenols is 1. The lowest BCUT2D eigenvalue weighted by atomic mass is 9.95. The highest BCUT2D eigenvalue weighted by Gasteiger charge is 2.33. The molecule has 0 aromatic heterocycles. The molecule has 4 amide bonds. The standard InChI is InChI=1S/C24H37N5O7/c1-5-13(4)20(29-21(32)16(25)11-18(26)31)23(34)28-19(12(2)3)22(33)27-17(24(35)36)10-14-6-8-15(30)9-7-14/h6-9,12-13,16-17,19-20,30H,5,10-11,25H2,1-4H3,(H2,26,31)(H,27,33)(H,28,34)(H,29,32)(H,35,36). The number of rotatable bonds is 14. The zero-order valence-corrected chi connectivity index (χ0v) is 21.0. The fourth-order valence-corrected chi connectivity index (χ4v) is 3.38. The van der Waals surface area contributed by atoms with Crippen LogP contribution in [0.15, 0.2) is 24.3 Å². The first-order chi connectivity index (χ1) is 16.8. The number of benzene rings is 1. The molecule has 0 aliphatic rings. The molecule has 1 aromatic carbocycles. The Bertz CT molecular complexity index is 935. The Labute approximate surface area is 210 Å². The Balaban J connectivity index is 3.00. The van der Waals surface area contributed by atoms with Crippen molar-refractivity contribution in [1.82, 2.24) is 16.0 Å². The van der Waals surface area contributed by atoms with Gasteiger partial charge < -0.3 is 37.6 Å². The number of nitrogens with one attached hydrogen (secondary N) is 3. The maximum absolute atomic E-state index is 13.1. The summed E-state index contributed by atoms with van der Waals surface area (Å²) < 4.78 is 0. The molecule has 9 N–H and O–H groups in total. The Hall–Kier alpha value is -3.67. The third kappa shape index (κ3) is 9.53. The van der Waals surface area contributed by atoms with E-state index in [9.17, 15) is 34.2 Å². The van der Waals surface area contributed by atoms with Crippen molar-refractivity contribution in [3.05, 3.63) is 29.8 Å². The molecule has 5 atom stereocenters. The summed E-state index contributed by atoms with van der Waals surface area (Å²) in [6, 6.07) is 1.24. The van der Waals surface area contributed by atoms with Gasteiger partial charge in [-0.05, 0) is 29.5 Å². The molecule has 0 saturated carbocycles. The second-order valence-corrected chi connectivity index (χ2v) is 9.15. The smallest absolute Gasteiger partial charge is 0.326 e. The largest absolute Gasteiger partial charge is 0.508 e. The molecule has 5 unspecified atom stereocenters. The molecular weight excluding hydrogens is 470 g/mol. The van der Waals surface area contributed by atoms with Crippen LogP contribution in [-0.2, 0) is 30.4 Å². The zero-order valence-electron chi connectivity index (χ0n) is 21.0. The van der Waals surface area contributed by atoms with E-state index in [0.717, 1.165) is 0 Å². The van der Waals surface area contributed by atoms with Gasteiger partial charge in [0.05, 0.1) is 12.5 Å². The summed E-state index contributed by atoms with van der Waals surface area (Å²) in [5.41, 5.74) is 11.3. The molecule has 0 aliphatic heterocycles. The Morgan fingerprint density at radius 3 is 1.89 bits per heavy atom. The number of carboxylic acid groups (broad SMARTS) is 1. The van der Waals surface area contributed by atoms with Crippen molar-refractivity contribution in [2.45, 2.75) is 71.1 Å². The molecule has 1 aromatic rings. The van der Waals surface area contributed by atoms with Gasteiger partial charge in [-0.2, -0.15) is 0 Å². The number of nitrogens with two attached hydrogens (primary N) is 2. The highest BCUT2D eigenvalue weighted by Crippen LogP contribution is 2.13. The number of aromatic hydroxyl groups is 1. The topological polar surface area (TPSA) is 214 Å². The highest BCUT2D eigenvalue weighted by atomic mass is 16.4. The molecule has 36 heavy (non-hydrogen) atoms. The Kier molecular flexibility index (Phi) is 11.8. The highest BCUT2D eigenvalue weighted by molar-refractivity contribution is 5.95. The second kappa shape index (κ2) is 14.0. The molecule has 0 spiro atoms. The van der Waals surface area contributed by atoms with Gasteiger partial charge >= 0.3 is 5.97 Å². The van der Waals surface area contributed by atoms with Gasteiger partial charge in [-0.3, -0.25) is 19.2 Å². The molecule has 200 valence electrons. The molecule has 0 fully saturated rings. The van der Waals surface area contributed by atoms with Crippen LogP contribution >= 0.6 is 0 Å². The number of carboxylic acids is 1. The number of phenolic OH excluding ortho intramolecular Hbond substituents is 1. The van der Waals surface area contributed by atoms with Gasteiger partial charge in [0.2, 0.25) is 23.6 Å². The van der Waals surface area contributed by atoms with Crippen molar-refractivity contribution in [3.63, 3.8) is 0 Å². The Morgan fingerprint density at radius 1 is 0.889 bits per heavy atom. The first kappa shape index (κ1) is 30.4. The van der Waals surface area contributed by atoms with E-state index < -0.39 is 66.1 Å². The number of aliphatic carboxylic acids is 1. The van der Waals surface area contributed by atoms with Crippen molar-refractivity contribution in [2.24, 2.45) is 23.3 Å². The first-order valence-corrected chi connectivity index (χ1v) is 11.7. The van der Waals surface area contributed by atoms with Crippen LogP contribution in [-0.4, -0.2) is 64.0 Å². The fourth-order valence-electron chi connectivity index (χ4n) is 3.38. The van der Waals surface area contributed by atoms with Crippen molar-refractivity contribution in [1.29, 1.82) is 0 Å². The lowest BCUT2D eigenvalue weighted by molar-refractivity contribution is -0.142. The number of carbonyl (C=O) groups excluding carboxylic acids is 4. The second-order valence-electron chi connectivity index (χ2n) is 9.15. The van der Waals surface area contributed by atoms with Gasteiger partial charge in [-0.1, -0.05) is 46.2 Å². The Morgan fingerprint density at radius 2 is 1.42 bits per heavy atom. The van der Waals surface area contributed by atoms with E-state index in [4.69, 9.17) is 11.5 Å². The normalized spacial score (nSPS) is 15.2. The van der Waals surface area contributed by atoms with Crippen LogP contribution in [0.2, 0.25) is 0 Å². The fraction of sp³-hybridized carbons (Fsp3) is 0.542. The van der Waals surface area contributed by atoms with Gasteiger partial charge in [0.1, 0.15) is 23.9 Å². The number of carbonyl (C=O) groups is 5. The third-order valence-corrected chi connectivity index (χ3v) is 5.79. The molecule has 0 radical (unpaired) electrons. The first-order valence-electron chi connectivity index (χ1n) is 11.7. The minimum atomic E-state index is -1.28. The summed E-state index contributed by atoms with van der Waals surface area (Å²) in [5.74, 6) is -4.85. The van der Waals surface area contributed by atoms with Crippen molar-refractivity contribution < 1.29 is 34.2 Å². The molecular formula is C24H37N5O7. The molecule has 1 rings (SSSR count). The van der Waals surface area contributed by atoms with Gasteiger partial charge in [-0.25, -0.2) is 4.79 Å². The molecule has 12 heteroatoms. The van der Waals surface area contributed by atoms with Crippen LogP contribution in [0.3, 0.4) is 0 Å². The summed E-state index contributed by atoms with van der Waals surface area (Å²) in [5, 5.41) is 26.6. The average Bonchev–Trinajstić information content (AvgIpc) is 2.80. The number of hydrogen-bond donors (Lipinski definition) is 7. The summed E-state index contributed by atoms with van der Waals surface area (Å²) in [7, 11) is 0. The molecule has 0 heterocycles. The van der Waals surface area contributed by atoms with Gasteiger partial charge in [0.25, 0.3) is 0 Å². The monoisotopic (exact) mass is 507 g/mol. The third-order valence-electron chi connectivity index (χ3n) is 5.79. The lowest BCUT2D eigenvalue weighted by Crippen LogP contribution is -2.60. The SMILES string of the molecule is CCC(C)C(NC(=O)C(N)CC(N)=O)C(=O)NC(C(=O)NC(Cc1ccc(O)cc1)C(=O)O)C(C)C. The zero-order chi connectivity index (χ0) is 27.6. The molecule has 0 bridgehead atoms. The van der Waals surface area contributed by atoms with E-state index in [1.165, 1.54) is 12.1 Å². The van der Waals surface area contributed by atoms with E-state index in [1.807, 2.05) is 6.92 Å². The van der Waals surface area contributed by atoms with E-state index in [-0.39, 0.29) is 18.1 Å². The van der Waals surface area contributed by atoms with Gasteiger partial charge in [0.15, 0.2) is 0 Å². The van der Waals surface area contributed by atoms with E-state index in [2.05, 4.69) is 16.0 Å². The van der Waals surface area contributed by atoms with Crippen LogP contribution in [0.4, 0.5) is 0 Å². The maximum atomic E-state index is 13.1. The molecule has 0 saturated heterocycles. The van der Waals surface area contributed by atoms with E-state index in [1.54, 1.807) is 32.9 Å². The number of hydrogen-bond acceptors (Lipinski definition) is 7. The quantitative estimate of drug-likeness (QED) is 0.172. The van der Waals surface area contributed by atoms with Crippen LogP contribution in [0.1, 0.15) is 46.1 Å². The lowest BCUT2D eigenvalue weighted by Gasteiger charge is -2.29. The summed E-state index contributed by atoms with van der Waals surface area (Å²) >= 11 is 0. The van der Waals surface area contributed by atoms with E-state index in [0.29, 0.717) is 12.0 Å². The van der Waals surface area contributed by atoms with Crippen LogP contribution in [0, 0.1) is 11.8 Å².